The molecule has 1 amide bonds. The summed E-state index contributed by atoms with van der Waals surface area (Å²) < 4.78 is 0. The van der Waals surface area contributed by atoms with Gasteiger partial charge in [0, 0.05) is 12.1 Å². The van der Waals surface area contributed by atoms with Crippen LogP contribution in [-0.4, -0.2) is 18.0 Å². The molecule has 0 unspecified atom stereocenters. The Morgan fingerprint density at radius 2 is 1.68 bits per heavy atom. The lowest BCUT2D eigenvalue weighted by molar-refractivity contribution is -0.125. The number of hydrogen-bond acceptors (Lipinski definition) is 2. The van der Waals surface area contributed by atoms with E-state index in [1.54, 1.807) is 0 Å². The van der Waals surface area contributed by atoms with Crippen molar-refractivity contribution in [2.75, 3.05) is 6.54 Å². The minimum absolute atomic E-state index is 0.0235. The number of carbonyl (C=O) groups is 1. The number of hydrogen-bond donors (Lipinski definition) is 2. The molecule has 0 aliphatic heterocycles. The third-order valence-corrected chi connectivity index (χ3v) is 4.07. The largest absolute Gasteiger partial charge is 0.354 e. The van der Waals surface area contributed by atoms with Crippen LogP contribution in [0.4, 0.5) is 0 Å². The maximum absolute atomic E-state index is 12.4. The van der Waals surface area contributed by atoms with Crippen molar-refractivity contribution in [2.45, 2.75) is 51.5 Å². The number of benzene rings is 1. The van der Waals surface area contributed by atoms with Gasteiger partial charge in [0.2, 0.25) is 5.91 Å². The van der Waals surface area contributed by atoms with E-state index in [9.17, 15) is 4.79 Å². The predicted octanol–water partition coefficient (Wildman–Crippen LogP) is 2.60. The fourth-order valence-electron chi connectivity index (χ4n) is 1.96. The molecule has 0 aliphatic rings. The van der Waals surface area contributed by atoms with Crippen LogP contribution in [0.5, 0.6) is 0 Å². The van der Waals surface area contributed by atoms with Crippen LogP contribution in [0.15, 0.2) is 30.3 Å². The number of amides is 1. The lowest BCUT2D eigenvalue weighted by Crippen LogP contribution is -2.52. The average molecular weight is 262 g/mol. The van der Waals surface area contributed by atoms with Crippen molar-refractivity contribution >= 4 is 5.91 Å². The van der Waals surface area contributed by atoms with E-state index in [0.717, 1.165) is 18.4 Å². The molecule has 0 bridgehead atoms. The summed E-state index contributed by atoms with van der Waals surface area (Å²) in [5.41, 5.74) is 6.39. The first-order chi connectivity index (χ1) is 8.85. The van der Waals surface area contributed by atoms with Crippen LogP contribution in [-0.2, 0) is 10.2 Å². The molecular weight excluding hydrogens is 236 g/mol. The number of rotatable bonds is 6. The van der Waals surface area contributed by atoms with E-state index in [1.807, 2.05) is 44.2 Å². The van der Waals surface area contributed by atoms with Crippen LogP contribution >= 0.6 is 0 Å². The first-order valence-electron chi connectivity index (χ1n) is 6.98. The van der Waals surface area contributed by atoms with Crippen LogP contribution in [0, 0.1) is 0 Å². The molecule has 0 heterocycles. The highest BCUT2D eigenvalue weighted by Crippen LogP contribution is 2.23. The monoisotopic (exact) mass is 262 g/mol. The van der Waals surface area contributed by atoms with Gasteiger partial charge in [-0.1, -0.05) is 44.2 Å². The summed E-state index contributed by atoms with van der Waals surface area (Å²) in [4.78, 5) is 12.4. The molecule has 19 heavy (non-hydrogen) atoms. The van der Waals surface area contributed by atoms with Crippen LogP contribution in [0.1, 0.15) is 46.1 Å². The Hall–Kier alpha value is -1.35. The maximum Gasteiger partial charge on any atom is 0.230 e. The Bertz CT molecular complexity index is 408. The molecule has 0 aromatic heterocycles. The molecular formula is C16H26N2O. The van der Waals surface area contributed by atoms with Gasteiger partial charge in [0.05, 0.1) is 5.41 Å². The van der Waals surface area contributed by atoms with Crippen molar-refractivity contribution in [1.82, 2.24) is 5.32 Å². The molecule has 1 aromatic rings. The smallest absolute Gasteiger partial charge is 0.230 e. The zero-order valence-electron chi connectivity index (χ0n) is 12.5. The summed E-state index contributed by atoms with van der Waals surface area (Å²) >= 11 is 0. The Balaban J connectivity index is 2.73. The molecule has 0 fully saturated rings. The third-order valence-electron chi connectivity index (χ3n) is 4.07. The molecule has 0 atom stereocenters. The van der Waals surface area contributed by atoms with E-state index in [4.69, 9.17) is 5.73 Å². The number of nitrogens with two attached hydrogens (primary N) is 1. The number of carbonyl (C=O) groups excluding carboxylic acids is 1. The molecule has 3 nitrogen and oxygen atoms in total. The fraction of sp³-hybridized carbons (Fsp3) is 0.562. The molecule has 0 saturated heterocycles. The topological polar surface area (TPSA) is 55.1 Å². The molecule has 0 aliphatic carbocycles. The minimum Gasteiger partial charge on any atom is -0.354 e. The first kappa shape index (κ1) is 15.7. The molecule has 1 aromatic carbocycles. The number of nitrogens with one attached hydrogen (secondary N) is 1. The van der Waals surface area contributed by atoms with Gasteiger partial charge in [-0.05, 0) is 32.3 Å². The second-order valence-electron chi connectivity index (χ2n) is 5.74. The Morgan fingerprint density at radius 1 is 1.16 bits per heavy atom. The van der Waals surface area contributed by atoms with Gasteiger partial charge in [-0.2, -0.15) is 0 Å². The summed E-state index contributed by atoms with van der Waals surface area (Å²) in [6.45, 7) is 8.51. The minimum atomic E-state index is -0.538. The normalized spacial score (nSPS) is 12.3. The lowest BCUT2D eigenvalue weighted by atomic mass is 9.83. The van der Waals surface area contributed by atoms with Gasteiger partial charge in [-0.25, -0.2) is 0 Å². The van der Waals surface area contributed by atoms with Gasteiger partial charge >= 0.3 is 0 Å². The van der Waals surface area contributed by atoms with Crippen LogP contribution in [0.25, 0.3) is 0 Å². The fourth-order valence-corrected chi connectivity index (χ4v) is 1.96. The van der Waals surface area contributed by atoms with Crippen molar-refractivity contribution < 1.29 is 4.79 Å². The van der Waals surface area contributed by atoms with Gasteiger partial charge < -0.3 is 11.1 Å². The lowest BCUT2D eigenvalue weighted by Gasteiger charge is -2.30. The molecule has 3 heteroatoms. The van der Waals surface area contributed by atoms with Crippen LogP contribution in [0.3, 0.4) is 0 Å². The van der Waals surface area contributed by atoms with Gasteiger partial charge in [-0.15, -0.1) is 0 Å². The Labute approximate surface area is 116 Å². The zero-order valence-corrected chi connectivity index (χ0v) is 12.5. The van der Waals surface area contributed by atoms with E-state index >= 15 is 0 Å². The SMILES string of the molecule is CCC(N)(CC)CNC(=O)C(C)(C)c1ccccc1. The van der Waals surface area contributed by atoms with Crippen molar-refractivity contribution in [3.63, 3.8) is 0 Å². The van der Waals surface area contributed by atoms with E-state index in [-0.39, 0.29) is 11.4 Å². The highest BCUT2D eigenvalue weighted by atomic mass is 16.2. The highest BCUT2D eigenvalue weighted by molar-refractivity contribution is 5.87. The van der Waals surface area contributed by atoms with Gasteiger partial charge in [-0.3, -0.25) is 4.79 Å². The Kier molecular flexibility index (Phi) is 5.12. The van der Waals surface area contributed by atoms with Crippen molar-refractivity contribution in [3.05, 3.63) is 35.9 Å². The highest BCUT2D eigenvalue weighted by Gasteiger charge is 2.31. The van der Waals surface area contributed by atoms with Gasteiger partial charge in [0.15, 0.2) is 0 Å². The summed E-state index contributed by atoms with van der Waals surface area (Å²) in [5.74, 6) is 0.0235. The van der Waals surface area contributed by atoms with E-state index in [2.05, 4.69) is 19.2 Å². The first-order valence-corrected chi connectivity index (χ1v) is 6.98. The molecule has 3 N–H and O–H groups in total. The molecule has 106 valence electrons. The second kappa shape index (κ2) is 6.20. The molecule has 0 spiro atoms. The maximum atomic E-state index is 12.4. The Morgan fingerprint density at radius 3 is 2.16 bits per heavy atom. The van der Waals surface area contributed by atoms with Crippen molar-refractivity contribution in [1.29, 1.82) is 0 Å². The molecule has 1 rings (SSSR count). The van der Waals surface area contributed by atoms with Crippen LogP contribution in [0.2, 0.25) is 0 Å². The van der Waals surface area contributed by atoms with E-state index in [1.165, 1.54) is 0 Å². The third kappa shape index (κ3) is 3.80. The van der Waals surface area contributed by atoms with Gasteiger partial charge in [0.25, 0.3) is 0 Å². The van der Waals surface area contributed by atoms with Gasteiger partial charge in [0.1, 0.15) is 0 Å². The standard InChI is InChI=1S/C16H26N2O/c1-5-16(17,6-2)12-18-14(19)15(3,4)13-10-8-7-9-11-13/h7-11H,5-6,12,17H2,1-4H3,(H,18,19). The summed E-state index contributed by atoms with van der Waals surface area (Å²) in [5, 5.41) is 3.00. The summed E-state index contributed by atoms with van der Waals surface area (Å²) in [7, 11) is 0. The summed E-state index contributed by atoms with van der Waals surface area (Å²) in [6.07, 6.45) is 1.71. The average Bonchev–Trinajstić information content (AvgIpc) is 2.45. The second-order valence-corrected chi connectivity index (χ2v) is 5.74. The van der Waals surface area contributed by atoms with Crippen molar-refractivity contribution in [3.8, 4) is 0 Å². The van der Waals surface area contributed by atoms with Crippen molar-refractivity contribution in [2.24, 2.45) is 5.73 Å². The molecule has 0 saturated carbocycles. The zero-order chi connectivity index (χ0) is 14.5. The van der Waals surface area contributed by atoms with Crippen LogP contribution < -0.4 is 11.1 Å². The van der Waals surface area contributed by atoms with E-state index < -0.39 is 5.41 Å². The quantitative estimate of drug-likeness (QED) is 0.828. The molecule has 0 radical (unpaired) electrons. The van der Waals surface area contributed by atoms with E-state index in [0.29, 0.717) is 6.54 Å². The predicted molar refractivity (Wildman–Crippen MR) is 80.0 cm³/mol. The summed E-state index contributed by atoms with van der Waals surface area (Å²) in [6, 6.07) is 9.83.